The van der Waals surface area contributed by atoms with E-state index >= 15 is 0 Å². The van der Waals surface area contributed by atoms with E-state index in [-0.39, 0.29) is 16.9 Å². The predicted molar refractivity (Wildman–Crippen MR) is 172 cm³/mol. The lowest BCUT2D eigenvalue weighted by atomic mass is 9.76. The lowest BCUT2D eigenvalue weighted by molar-refractivity contribution is 0.196. The molecule has 0 aliphatic rings. The minimum Gasteiger partial charge on any atom is -0.507 e. The van der Waals surface area contributed by atoms with Gasteiger partial charge in [-0.05, 0) is 60.6 Å². The van der Waals surface area contributed by atoms with E-state index in [2.05, 4.69) is 95.8 Å². The summed E-state index contributed by atoms with van der Waals surface area (Å²) in [6.45, 7) is 16.1. The first-order valence-electron chi connectivity index (χ1n) is 14.5. The van der Waals surface area contributed by atoms with E-state index in [9.17, 15) is 10.2 Å². The first-order chi connectivity index (χ1) is 19.4. The molecule has 4 rings (SSSR count). The SMILES string of the molecule is COCCCN(c1ccccc1-c1cc(C)cc(C(C)(C)c2ccccc2)c1O)c1cc(C)cc(C(C)(C)C)c1O. The molecule has 0 aliphatic heterocycles. The fourth-order valence-corrected chi connectivity index (χ4v) is 5.68. The van der Waals surface area contributed by atoms with E-state index in [1.165, 1.54) is 0 Å². The normalized spacial score (nSPS) is 12.0. The zero-order chi connectivity index (χ0) is 29.9. The fourth-order valence-electron chi connectivity index (χ4n) is 5.68. The van der Waals surface area contributed by atoms with E-state index in [0.717, 1.165) is 56.7 Å². The molecule has 0 saturated carbocycles. The van der Waals surface area contributed by atoms with Crippen molar-refractivity contribution in [1.82, 2.24) is 0 Å². The molecule has 41 heavy (non-hydrogen) atoms. The molecule has 0 heterocycles. The Balaban J connectivity index is 1.95. The molecular weight excluding hydrogens is 506 g/mol. The standard InChI is InChI=1S/C37H45NO3/c1-25-21-29(34(39)31(23-25)37(6,7)27-15-10-9-11-16-27)28-17-12-13-18-32(28)38(19-14-20-41-8)33-24-26(2)22-30(35(33)40)36(3,4)5/h9-13,15-18,21-24,39-40H,14,19-20H2,1-8H3. The van der Waals surface area contributed by atoms with Crippen LogP contribution in [0.2, 0.25) is 0 Å². The van der Waals surface area contributed by atoms with Gasteiger partial charge in [-0.1, -0.05) is 95.3 Å². The summed E-state index contributed by atoms with van der Waals surface area (Å²) < 4.78 is 5.41. The summed E-state index contributed by atoms with van der Waals surface area (Å²) in [7, 11) is 1.71. The van der Waals surface area contributed by atoms with Gasteiger partial charge < -0.3 is 19.8 Å². The van der Waals surface area contributed by atoms with Crippen molar-refractivity contribution >= 4 is 11.4 Å². The van der Waals surface area contributed by atoms with Crippen LogP contribution in [0, 0.1) is 13.8 Å². The molecule has 216 valence electrons. The summed E-state index contributed by atoms with van der Waals surface area (Å²) in [5.41, 5.74) is 7.83. The van der Waals surface area contributed by atoms with Crippen molar-refractivity contribution in [3.05, 3.63) is 107 Å². The summed E-state index contributed by atoms with van der Waals surface area (Å²) in [6, 6.07) is 26.7. The maximum absolute atomic E-state index is 11.9. The molecule has 4 aromatic rings. The second kappa shape index (κ2) is 12.0. The molecular formula is C37H45NO3. The summed E-state index contributed by atoms with van der Waals surface area (Å²) in [6.07, 6.45) is 0.773. The van der Waals surface area contributed by atoms with Crippen LogP contribution >= 0.6 is 0 Å². The number of rotatable bonds is 9. The molecule has 0 atom stereocenters. The van der Waals surface area contributed by atoms with Gasteiger partial charge in [-0.3, -0.25) is 0 Å². The molecule has 4 nitrogen and oxygen atoms in total. The molecule has 4 heteroatoms. The Morgan fingerprint density at radius 2 is 1.29 bits per heavy atom. The number of aryl methyl sites for hydroxylation is 2. The highest BCUT2D eigenvalue weighted by molar-refractivity contribution is 5.88. The molecule has 0 spiro atoms. The molecule has 0 fully saturated rings. The highest BCUT2D eigenvalue weighted by atomic mass is 16.5. The molecule has 0 aromatic heterocycles. The van der Waals surface area contributed by atoms with Gasteiger partial charge >= 0.3 is 0 Å². The average molecular weight is 552 g/mol. The van der Waals surface area contributed by atoms with Crippen LogP contribution in [-0.2, 0) is 15.6 Å². The van der Waals surface area contributed by atoms with Gasteiger partial charge in [-0.25, -0.2) is 0 Å². The second-order valence-electron chi connectivity index (χ2n) is 12.6. The number of hydrogen-bond acceptors (Lipinski definition) is 4. The van der Waals surface area contributed by atoms with Crippen LogP contribution in [0.5, 0.6) is 11.5 Å². The van der Waals surface area contributed by atoms with Crippen molar-refractivity contribution in [2.75, 3.05) is 25.2 Å². The maximum atomic E-state index is 11.9. The Kier molecular flexibility index (Phi) is 8.84. The van der Waals surface area contributed by atoms with Crippen molar-refractivity contribution < 1.29 is 14.9 Å². The van der Waals surface area contributed by atoms with Gasteiger partial charge in [0.15, 0.2) is 0 Å². The third-order valence-corrected chi connectivity index (χ3v) is 7.97. The quantitative estimate of drug-likeness (QED) is 0.204. The first-order valence-corrected chi connectivity index (χ1v) is 14.5. The first kappa shape index (κ1) is 30.2. The highest BCUT2D eigenvalue weighted by Crippen LogP contribution is 2.48. The highest BCUT2D eigenvalue weighted by Gasteiger charge is 2.30. The Labute approximate surface area is 246 Å². The maximum Gasteiger partial charge on any atom is 0.142 e. The fraction of sp³-hybridized carbons (Fsp3) is 0.351. The monoisotopic (exact) mass is 551 g/mol. The third kappa shape index (κ3) is 6.28. The smallest absolute Gasteiger partial charge is 0.142 e. The Hall–Kier alpha value is -3.76. The third-order valence-electron chi connectivity index (χ3n) is 7.97. The zero-order valence-corrected chi connectivity index (χ0v) is 25.9. The van der Waals surface area contributed by atoms with Crippen molar-refractivity contribution in [2.24, 2.45) is 0 Å². The second-order valence-corrected chi connectivity index (χ2v) is 12.6. The van der Waals surface area contributed by atoms with Gasteiger partial charge in [0.2, 0.25) is 0 Å². The van der Waals surface area contributed by atoms with Gasteiger partial charge in [0.25, 0.3) is 0 Å². The number of para-hydroxylation sites is 1. The van der Waals surface area contributed by atoms with Gasteiger partial charge in [0, 0.05) is 53.6 Å². The molecule has 0 bridgehead atoms. The van der Waals surface area contributed by atoms with Gasteiger partial charge in [0.05, 0.1) is 5.69 Å². The molecule has 4 aromatic carbocycles. The Morgan fingerprint density at radius 3 is 1.95 bits per heavy atom. The molecule has 0 amide bonds. The molecule has 0 unspecified atom stereocenters. The molecule has 2 N–H and O–H groups in total. The number of anilines is 2. The summed E-state index contributed by atoms with van der Waals surface area (Å²) >= 11 is 0. The summed E-state index contributed by atoms with van der Waals surface area (Å²) in [5.74, 6) is 0.562. The van der Waals surface area contributed by atoms with Crippen LogP contribution in [0.1, 0.15) is 68.9 Å². The lowest BCUT2D eigenvalue weighted by Gasteiger charge is -2.32. The van der Waals surface area contributed by atoms with Gasteiger partial charge in [0.1, 0.15) is 11.5 Å². The van der Waals surface area contributed by atoms with E-state index in [0.29, 0.717) is 13.2 Å². The van der Waals surface area contributed by atoms with Crippen LogP contribution in [-0.4, -0.2) is 30.5 Å². The Morgan fingerprint density at radius 1 is 0.683 bits per heavy atom. The van der Waals surface area contributed by atoms with E-state index in [1.54, 1.807) is 7.11 Å². The lowest BCUT2D eigenvalue weighted by Crippen LogP contribution is -2.22. The van der Waals surface area contributed by atoms with Crippen LogP contribution in [0.4, 0.5) is 11.4 Å². The van der Waals surface area contributed by atoms with Crippen LogP contribution in [0.15, 0.2) is 78.9 Å². The van der Waals surface area contributed by atoms with Crippen LogP contribution in [0.25, 0.3) is 11.1 Å². The van der Waals surface area contributed by atoms with E-state index in [1.807, 2.05) is 36.4 Å². The van der Waals surface area contributed by atoms with Crippen molar-refractivity contribution in [3.8, 4) is 22.6 Å². The van der Waals surface area contributed by atoms with Crippen LogP contribution in [0.3, 0.4) is 0 Å². The number of benzene rings is 4. The minimum atomic E-state index is -0.407. The van der Waals surface area contributed by atoms with Crippen molar-refractivity contribution in [1.29, 1.82) is 0 Å². The van der Waals surface area contributed by atoms with E-state index in [4.69, 9.17) is 4.74 Å². The van der Waals surface area contributed by atoms with Gasteiger partial charge in [-0.2, -0.15) is 0 Å². The summed E-state index contributed by atoms with van der Waals surface area (Å²) in [5, 5.41) is 23.6. The average Bonchev–Trinajstić information content (AvgIpc) is 2.93. The number of ether oxygens (including phenoxy) is 1. The van der Waals surface area contributed by atoms with Gasteiger partial charge in [-0.15, -0.1) is 0 Å². The van der Waals surface area contributed by atoms with E-state index < -0.39 is 5.41 Å². The van der Waals surface area contributed by atoms with Crippen molar-refractivity contribution in [2.45, 2.75) is 65.7 Å². The Bertz CT molecular complexity index is 1500. The molecule has 0 saturated heterocycles. The minimum absolute atomic E-state index is 0.227. The molecule has 0 radical (unpaired) electrons. The van der Waals surface area contributed by atoms with Crippen LogP contribution < -0.4 is 4.90 Å². The zero-order valence-electron chi connectivity index (χ0n) is 25.9. The topological polar surface area (TPSA) is 52.9 Å². The predicted octanol–water partition coefficient (Wildman–Crippen LogP) is 9.18. The number of aromatic hydroxyl groups is 2. The van der Waals surface area contributed by atoms with Crippen molar-refractivity contribution in [3.63, 3.8) is 0 Å². The molecule has 0 aliphatic carbocycles. The number of phenolic OH excluding ortho intramolecular Hbond substituents is 2. The number of nitrogens with zero attached hydrogens (tertiary/aromatic N) is 1. The number of methoxy groups -OCH3 is 1. The number of phenols is 2. The largest absolute Gasteiger partial charge is 0.507 e. The summed E-state index contributed by atoms with van der Waals surface area (Å²) in [4.78, 5) is 2.18. The number of hydrogen-bond donors (Lipinski definition) is 2.